The number of rotatable bonds is 9. The molecule has 0 aromatic carbocycles. The van der Waals surface area contributed by atoms with E-state index in [1.807, 2.05) is 6.92 Å². The molecule has 0 aromatic heterocycles. The monoisotopic (exact) mass is 216 g/mol. The second-order valence-electron chi connectivity index (χ2n) is 4.12. The van der Waals surface area contributed by atoms with Crippen LogP contribution in [0.4, 0.5) is 0 Å². The minimum atomic E-state index is -0.210. The van der Waals surface area contributed by atoms with Gasteiger partial charge in [0.15, 0.2) is 0 Å². The van der Waals surface area contributed by atoms with E-state index in [-0.39, 0.29) is 6.10 Å². The van der Waals surface area contributed by atoms with Crippen LogP contribution in [-0.4, -0.2) is 60.3 Å². The lowest BCUT2D eigenvalue weighted by Gasteiger charge is -2.24. The van der Waals surface area contributed by atoms with Crippen LogP contribution in [-0.2, 0) is 0 Å². The molecule has 15 heavy (non-hydrogen) atoms. The molecule has 0 heterocycles. The van der Waals surface area contributed by atoms with E-state index in [0.717, 1.165) is 32.7 Å². The van der Waals surface area contributed by atoms with Crippen LogP contribution in [0.3, 0.4) is 0 Å². The molecule has 0 saturated carbocycles. The quantitative estimate of drug-likeness (QED) is 0.631. The minimum absolute atomic E-state index is 0.210. The molecule has 92 valence electrons. The van der Waals surface area contributed by atoms with Gasteiger partial charge in [-0.15, -0.1) is 0 Å². The lowest BCUT2D eigenvalue weighted by molar-refractivity contribution is 0.126. The van der Waals surface area contributed by atoms with Gasteiger partial charge in [0.05, 0.1) is 6.10 Å². The fraction of sp³-hybridized carbons (Fsp3) is 1.00. The molecule has 0 unspecified atom stereocenters. The Balaban J connectivity index is 3.61. The summed E-state index contributed by atoms with van der Waals surface area (Å²) < 4.78 is 0. The number of aliphatic hydroxyl groups excluding tert-OH is 1. The fourth-order valence-electron chi connectivity index (χ4n) is 1.81. The van der Waals surface area contributed by atoms with Crippen molar-refractivity contribution in [2.75, 3.05) is 39.3 Å². The molecule has 0 fully saturated rings. The number of nitrogens with zero attached hydrogens (tertiary/aromatic N) is 2. The van der Waals surface area contributed by atoms with E-state index in [2.05, 4.69) is 30.6 Å². The van der Waals surface area contributed by atoms with Crippen LogP contribution < -0.4 is 0 Å². The highest BCUT2D eigenvalue weighted by Crippen LogP contribution is 1.97. The molecule has 3 nitrogen and oxygen atoms in total. The molecule has 0 aliphatic heterocycles. The predicted molar refractivity (Wildman–Crippen MR) is 66.2 cm³/mol. The normalized spacial score (nSPS) is 13.8. The number of hydrogen-bond donors (Lipinski definition) is 1. The molecule has 0 aliphatic rings. The van der Waals surface area contributed by atoms with Gasteiger partial charge in [-0.2, -0.15) is 0 Å². The van der Waals surface area contributed by atoms with Gasteiger partial charge in [-0.25, -0.2) is 0 Å². The summed E-state index contributed by atoms with van der Waals surface area (Å²) in [6, 6.07) is 0. The van der Waals surface area contributed by atoms with Gasteiger partial charge in [0.25, 0.3) is 0 Å². The van der Waals surface area contributed by atoms with Gasteiger partial charge in [0, 0.05) is 6.54 Å². The van der Waals surface area contributed by atoms with Crippen LogP contribution in [0.25, 0.3) is 0 Å². The fourth-order valence-corrected chi connectivity index (χ4v) is 1.81. The summed E-state index contributed by atoms with van der Waals surface area (Å²) in [6.07, 6.45) is 0.987. The van der Waals surface area contributed by atoms with Gasteiger partial charge < -0.3 is 14.9 Å². The van der Waals surface area contributed by atoms with Crippen LogP contribution in [0.2, 0.25) is 0 Å². The molecule has 0 spiro atoms. The lowest BCUT2D eigenvalue weighted by atomic mass is 10.3. The second kappa shape index (κ2) is 9.13. The Morgan fingerprint density at radius 3 is 1.80 bits per heavy atom. The zero-order valence-corrected chi connectivity index (χ0v) is 10.9. The summed E-state index contributed by atoms with van der Waals surface area (Å²) in [5.74, 6) is 0. The molecule has 0 amide bonds. The van der Waals surface area contributed by atoms with Gasteiger partial charge in [0.1, 0.15) is 0 Å². The zero-order valence-electron chi connectivity index (χ0n) is 10.9. The molecule has 3 heteroatoms. The molecule has 0 aromatic rings. The Labute approximate surface area is 95.1 Å². The third-order valence-electron chi connectivity index (χ3n) is 2.81. The van der Waals surface area contributed by atoms with E-state index in [1.54, 1.807) is 0 Å². The third-order valence-corrected chi connectivity index (χ3v) is 2.81. The summed E-state index contributed by atoms with van der Waals surface area (Å²) in [5, 5.41) is 9.30. The van der Waals surface area contributed by atoms with E-state index in [1.165, 1.54) is 13.0 Å². The number of likely N-dealkylation sites (N-methyl/N-ethyl adjacent to an activating group) is 1. The van der Waals surface area contributed by atoms with Crippen molar-refractivity contribution in [2.24, 2.45) is 0 Å². The predicted octanol–water partition coefficient (Wildman–Crippen LogP) is 1.42. The Kier molecular flexibility index (Phi) is 9.06. The maximum atomic E-state index is 9.30. The smallest absolute Gasteiger partial charge is 0.0639 e. The highest BCUT2D eigenvalue weighted by Gasteiger charge is 2.06. The summed E-state index contributed by atoms with van der Waals surface area (Å²) in [4.78, 5) is 4.75. The number of hydrogen-bond acceptors (Lipinski definition) is 3. The van der Waals surface area contributed by atoms with Crippen molar-refractivity contribution in [3.8, 4) is 0 Å². The summed E-state index contributed by atoms with van der Waals surface area (Å²) in [7, 11) is 0. The maximum absolute atomic E-state index is 9.30. The molecular formula is C12H28N2O. The second-order valence-corrected chi connectivity index (χ2v) is 4.12. The molecule has 1 atom stereocenters. The van der Waals surface area contributed by atoms with E-state index >= 15 is 0 Å². The Morgan fingerprint density at radius 1 is 0.933 bits per heavy atom. The first-order chi connectivity index (χ1) is 7.13. The van der Waals surface area contributed by atoms with Gasteiger partial charge in [-0.1, -0.05) is 20.8 Å². The summed E-state index contributed by atoms with van der Waals surface area (Å²) in [6.45, 7) is 14.8. The first kappa shape index (κ1) is 14.9. The van der Waals surface area contributed by atoms with Crippen molar-refractivity contribution in [1.82, 2.24) is 9.80 Å². The summed E-state index contributed by atoms with van der Waals surface area (Å²) in [5.41, 5.74) is 0. The van der Waals surface area contributed by atoms with E-state index in [4.69, 9.17) is 0 Å². The van der Waals surface area contributed by atoms with Crippen LogP contribution in [0.15, 0.2) is 0 Å². The first-order valence-corrected chi connectivity index (χ1v) is 6.26. The van der Waals surface area contributed by atoms with Crippen molar-refractivity contribution in [3.63, 3.8) is 0 Å². The number of aliphatic hydroxyl groups is 1. The van der Waals surface area contributed by atoms with Crippen LogP contribution >= 0.6 is 0 Å². The SMILES string of the molecule is CCN(CC)CCCN(CC)C[C@H](C)O. The summed E-state index contributed by atoms with van der Waals surface area (Å²) >= 11 is 0. The molecule has 1 N–H and O–H groups in total. The molecule has 0 radical (unpaired) electrons. The van der Waals surface area contributed by atoms with E-state index in [9.17, 15) is 5.11 Å². The van der Waals surface area contributed by atoms with Crippen LogP contribution in [0.5, 0.6) is 0 Å². The van der Waals surface area contributed by atoms with Crippen LogP contribution in [0.1, 0.15) is 34.1 Å². The van der Waals surface area contributed by atoms with Crippen molar-refractivity contribution >= 4 is 0 Å². The maximum Gasteiger partial charge on any atom is 0.0639 e. The highest BCUT2D eigenvalue weighted by molar-refractivity contribution is 4.61. The highest BCUT2D eigenvalue weighted by atomic mass is 16.3. The molecule has 0 saturated heterocycles. The van der Waals surface area contributed by atoms with E-state index < -0.39 is 0 Å². The zero-order chi connectivity index (χ0) is 11.7. The van der Waals surface area contributed by atoms with Crippen molar-refractivity contribution in [2.45, 2.75) is 40.2 Å². The molecule has 0 bridgehead atoms. The average molecular weight is 216 g/mol. The van der Waals surface area contributed by atoms with E-state index in [0.29, 0.717) is 0 Å². The van der Waals surface area contributed by atoms with Crippen molar-refractivity contribution in [1.29, 1.82) is 0 Å². The molecule has 0 rings (SSSR count). The topological polar surface area (TPSA) is 26.7 Å². The third kappa shape index (κ3) is 7.77. The Hall–Kier alpha value is -0.120. The van der Waals surface area contributed by atoms with Crippen molar-refractivity contribution in [3.05, 3.63) is 0 Å². The minimum Gasteiger partial charge on any atom is -0.392 e. The van der Waals surface area contributed by atoms with Gasteiger partial charge in [-0.3, -0.25) is 0 Å². The molecule has 0 aliphatic carbocycles. The van der Waals surface area contributed by atoms with Crippen LogP contribution in [0, 0.1) is 0 Å². The lowest BCUT2D eigenvalue weighted by Crippen LogP contribution is -2.34. The van der Waals surface area contributed by atoms with Gasteiger partial charge >= 0.3 is 0 Å². The van der Waals surface area contributed by atoms with Gasteiger partial charge in [0.2, 0.25) is 0 Å². The Bertz CT molecular complexity index is 136. The first-order valence-electron chi connectivity index (χ1n) is 6.26. The van der Waals surface area contributed by atoms with Crippen molar-refractivity contribution < 1.29 is 5.11 Å². The van der Waals surface area contributed by atoms with Gasteiger partial charge in [-0.05, 0) is 46.1 Å². The largest absolute Gasteiger partial charge is 0.392 e. The average Bonchev–Trinajstić information content (AvgIpc) is 2.22. The Morgan fingerprint density at radius 2 is 1.40 bits per heavy atom. The molecular weight excluding hydrogens is 188 g/mol. The standard InChI is InChI=1S/C12H28N2O/c1-5-13(6-2)9-8-10-14(7-3)11-12(4)15/h12,15H,5-11H2,1-4H3/t12-/m0/s1.